The summed E-state index contributed by atoms with van der Waals surface area (Å²) in [5.74, 6) is 0.633. The highest BCUT2D eigenvalue weighted by Gasteiger charge is 2.27. The van der Waals surface area contributed by atoms with Gasteiger partial charge in [-0.05, 0) is 49.2 Å². The van der Waals surface area contributed by atoms with E-state index in [9.17, 15) is 13.2 Å². The Labute approximate surface area is 176 Å². The summed E-state index contributed by atoms with van der Waals surface area (Å²) in [6.45, 7) is 4.92. The van der Waals surface area contributed by atoms with Crippen molar-refractivity contribution in [3.05, 3.63) is 60.2 Å². The average Bonchev–Trinajstić information content (AvgIpc) is 3.32. The number of carbonyl (C=O) groups excluding carboxylic acids is 1. The Hall–Kier alpha value is -3.04. The molecule has 0 aliphatic carbocycles. The molecule has 0 aromatic heterocycles. The van der Waals surface area contributed by atoms with Gasteiger partial charge in [0.15, 0.2) is 11.5 Å². The maximum atomic E-state index is 12.7. The van der Waals surface area contributed by atoms with Crippen LogP contribution in [0, 0.1) is 0 Å². The Balaban J connectivity index is 1.69. The molecule has 8 nitrogen and oxygen atoms in total. The van der Waals surface area contributed by atoms with Gasteiger partial charge < -0.3 is 9.47 Å². The summed E-state index contributed by atoms with van der Waals surface area (Å²) in [4.78, 5) is 12.6. The molecule has 3 rings (SSSR count). The van der Waals surface area contributed by atoms with Gasteiger partial charge in [0, 0.05) is 24.2 Å². The van der Waals surface area contributed by atoms with E-state index < -0.39 is 15.9 Å². The van der Waals surface area contributed by atoms with E-state index >= 15 is 0 Å². The minimum atomic E-state index is -3.59. The molecule has 0 unspecified atom stereocenters. The first-order valence-corrected chi connectivity index (χ1v) is 10.9. The van der Waals surface area contributed by atoms with Crippen LogP contribution < -0.4 is 20.3 Å². The van der Waals surface area contributed by atoms with Crippen molar-refractivity contribution in [3.63, 3.8) is 0 Å². The molecule has 0 saturated carbocycles. The Bertz CT molecular complexity index is 1050. The standard InChI is InChI=1S/C21H25N3O5S/c1-15(16-9-10-19(28-2)20(14-16)29-3)22-23-21(25)17-7-6-8-18(13-17)30(26,27)24-11-4-5-12-24/h6-10,13-14,22H,1,4-5,11-12H2,2-3H3,(H,23,25). The van der Waals surface area contributed by atoms with Crippen molar-refractivity contribution in [3.8, 4) is 11.5 Å². The summed E-state index contributed by atoms with van der Waals surface area (Å²) >= 11 is 0. The maximum Gasteiger partial charge on any atom is 0.269 e. The van der Waals surface area contributed by atoms with Gasteiger partial charge in [0.2, 0.25) is 10.0 Å². The van der Waals surface area contributed by atoms with Crippen molar-refractivity contribution in [2.24, 2.45) is 0 Å². The predicted octanol–water partition coefficient (Wildman–Crippen LogP) is 2.39. The van der Waals surface area contributed by atoms with Crippen molar-refractivity contribution >= 4 is 21.6 Å². The van der Waals surface area contributed by atoms with Crippen LogP contribution in [-0.2, 0) is 10.0 Å². The second-order valence-corrected chi connectivity index (χ2v) is 8.70. The number of ether oxygens (including phenoxy) is 2. The topological polar surface area (TPSA) is 97.0 Å². The third kappa shape index (κ3) is 4.58. The molecule has 9 heteroatoms. The molecule has 2 aromatic carbocycles. The Morgan fingerprint density at radius 2 is 1.67 bits per heavy atom. The number of hydrogen-bond acceptors (Lipinski definition) is 6. The zero-order valence-corrected chi connectivity index (χ0v) is 17.8. The van der Waals surface area contributed by atoms with Crippen LogP contribution >= 0.6 is 0 Å². The number of benzene rings is 2. The van der Waals surface area contributed by atoms with Crippen LogP contribution in [0.25, 0.3) is 5.70 Å². The molecule has 30 heavy (non-hydrogen) atoms. The lowest BCUT2D eigenvalue weighted by atomic mass is 10.1. The molecule has 0 spiro atoms. The van der Waals surface area contributed by atoms with Crippen LogP contribution in [0.15, 0.2) is 53.9 Å². The van der Waals surface area contributed by atoms with Crippen LogP contribution in [0.1, 0.15) is 28.8 Å². The number of methoxy groups -OCH3 is 2. The normalized spacial score (nSPS) is 14.2. The third-order valence-electron chi connectivity index (χ3n) is 4.86. The fourth-order valence-electron chi connectivity index (χ4n) is 3.18. The van der Waals surface area contributed by atoms with Crippen LogP contribution in [-0.4, -0.2) is 45.9 Å². The smallest absolute Gasteiger partial charge is 0.269 e. The van der Waals surface area contributed by atoms with Gasteiger partial charge in [-0.15, -0.1) is 0 Å². The largest absolute Gasteiger partial charge is 0.493 e. The van der Waals surface area contributed by atoms with Gasteiger partial charge in [-0.3, -0.25) is 15.6 Å². The van der Waals surface area contributed by atoms with E-state index in [1.165, 1.54) is 23.5 Å². The molecule has 2 aromatic rings. The van der Waals surface area contributed by atoms with E-state index in [1.807, 2.05) is 0 Å². The molecule has 160 valence electrons. The zero-order valence-electron chi connectivity index (χ0n) is 17.0. The number of hydrogen-bond donors (Lipinski definition) is 2. The quantitative estimate of drug-likeness (QED) is 0.623. The van der Waals surface area contributed by atoms with Gasteiger partial charge in [-0.25, -0.2) is 8.42 Å². The first-order chi connectivity index (χ1) is 14.4. The van der Waals surface area contributed by atoms with E-state index in [0.717, 1.165) is 12.8 Å². The molecule has 0 bridgehead atoms. The first-order valence-electron chi connectivity index (χ1n) is 9.44. The summed E-state index contributed by atoms with van der Waals surface area (Å²) in [7, 11) is -0.519. The van der Waals surface area contributed by atoms with E-state index in [-0.39, 0.29) is 10.5 Å². The lowest BCUT2D eigenvalue weighted by Crippen LogP contribution is -2.36. The van der Waals surface area contributed by atoms with E-state index in [0.29, 0.717) is 35.8 Å². The number of hydrazine groups is 1. The van der Waals surface area contributed by atoms with Crippen LogP contribution in [0.3, 0.4) is 0 Å². The zero-order chi connectivity index (χ0) is 21.7. The molecular weight excluding hydrogens is 406 g/mol. The molecular formula is C21H25N3O5S. The number of rotatable bonds is 8. The molecule has 2 N–H and O–H groups in total. The summed E-state index contributed by atoms with van der Waals surface area (Å²) in [5, 5.41) is 0. The Morgan fingerprint density at radius 3 is 2.33 bits per heavy atom. The molecule has 1 amide bonds. The molecule has 1 saturated heterocycles. The lowest BCUT2D eigenvalue weighted by molar-refractivity contribution is 0.0942. The van der Waals surface area contributed by atoms with Crippen molar-refractivity contribution in [1.82, 2.24) is 15.2 Å². The van der Waals surface area contributed by atoms with Gasteiger partial charge in [0.1, 0.15) is 0 Å². The second-order valence-electron chi connectivity index (χ2n) is 6.77. The van der Waals surface area contributed by atoms with Crippen molar-refractivity contribution in [1.29, 1.82) is 0 Å². The Morgan fingerprint density at radius 1 is 0.967 bits per heavy atom. The summed E-state index contributed by atoms with van der Waals surface area (Å²) in [6, 6.07) is 11.2. The summed E-state index contributed by atoms with van der Waals surface area (Å²) < 4.78 is 37.3. The van der Waals surface area contributed by atoms with Gasteiger partial charge >= 0.3 is 0 Å². The highest BCUT2D eigenvalue weighted by Crippen LogP contribution is 2.29. The van der Waals surface area contributed by atoms with Gasteiger partial charge in [0.05, 0.1) is 24.8 Å². The fraction of sp³-hybridized carbons (Fsp3) is 0.286. The molecule has 0 radical (unpaired) electrons. The number of carbonyl (C=O) groups is 1. The average molecular weight is 432 g/mol. The maximum absolute atomic E-state index is 12.7. The SMILES string of the molecule is C=C(NNC(=O)c1cccc(S(=O)(=O)N2CCCC2)c1)c1ccc(OC)c(OC)c1. The van der Waals surface area contributed by atoms with E-state index in [1.54, 1.807) is 37.4 Å². The number of sulfonamides is 1. The number of nitrogens with zero attached hydrogens (tertiary/aromatic N) is 1. The van der Waals surface area contributed by atoms with Gasteiger partial charge in [-0.1, -0.05) is 12.6 Å². The lowest BCUT2D eigenvalue weighted by Gasteiger charge is -2.16. The van der Waals surface area contributed by atoms with Gasteiger partial charge in [0.25, 0.3) is 5.91 Å². The summed E-state index contributed by atoms with van der Waals surface area (Å²) in [6.07, 6.45) is 1.70. The summed E-state index contributed by atoms with van der Waals surface area (Å²) in [5.41, 5.74) is 6.64. The van der Waals surface area contributed by atoms with Crippen molar-refractivity contribution < 1.29 is 22.7 Å². The van der Waals surface area contributed by atoms with Crippen LogP contribution in [0.2, 0.25) is 0 Å². The molecule has 0 atom stereocenters. The third-order valence-corrected chi connectivity index (χ3v) is 6.75. The second kappa shape index (κ2) is 9.19. The molecule has 1 aliphatic heterocycles. The number of amides is 1. The van der Waals surface area contributed by atoms with Crippen LogP contribution in [0.5, 0.6) is 11.5 Å². The monoisotopic (exact) mass is 431 g/mol. The van der Waals surface area contributed by atoms with Crippen LogP contribution in [0.4, 0.5) is 0 Å². The van der Waals surface area contributed by atoms with Crippen molar-refractivity contribution in [2.75, 3.05) is 27.3 Å². The Kier molecular flexibility index (Phi) is 6.63. The first kappa shape index (κ1) is 21.7. The minimum Gasteiger partial charge on any atom is -0.493 e. The fourth-order valence-corrected chi connectivity index (χ4v) is 4.74. The number of nitrogens with one attached hydrogen (secondary N) is 2. The van der Waals surface area contributed by atoms with Crippen molar-refractivity contribution in [2.45, 2.75) is 17.7 Å². The van der Waals surface area contributed by atoms with E-state index in [2.05, 4.69) is 17.4 Å². The minimum absolute atomic E-state index is 0.107. The molecule has 1 fully saturated rings. The van der Waals surface area contributed by atoms with E-state index in [4.69, 9.17) is 9.47 Å². The highest BCUT2D eigenvalue weighted by atomic mass is 32.2. The molecule has 1 aliphatic rings. The molecule has 1 heterocycles. The predicted molar refractivity (Wildman–Crippen MR) is 114 cm³/mol. The highest BCUT2D eigenvalue weighted by molar-refractivity contribution is 7.89. The van der Waals surface area contributed by atoms with Gasteiger partial charge in [-0.2, -0.15) is 4.31 Å².